The van der Waals surface area contributed by atoms with Crippen molar-refractivity contribution in [2.45, 2.75) is 50.8 Å². The summed E-state index contributed by atoms with van der Waals surface area (Å²) in [5, 5.41) is 0. The Kier molecular flexibility index (Phi) is 6.18. The van der Waals surface area contributed by atoms with Crippen molar-refractivity contribution in [3.05, 3.63) is 29.8 Å². The first-order chi connectivity index (χ1) is 14.9. The molecule has 168 valence electrons. The van der Waals surface area contributed by atoms with E-state index in [0.29, 0.717) is 37.5 Å². The van der Waals surface area contributed by atoms with Crippen LogP contribution in [0.2, 0.25) is 0 Å². The molecule has 8 nitrogen and oxygen atoms in total. The highest BCUT2D eigenvalue weighted by atomic mass is 16.5. The summed E-state index contributed by atoms with van der Waals surface area (Å²) >= 11 is 0. The predicted octanol–water partition coefficient (Wildman–Crippen LogP) is 1.89. The van der Waals surface area contributed by atoms with E-state index in [2.05, 4.69) is 0 Å². The highest BCUT2D eigenvalue weighted by molar-refractivity contribution is 5.98. The van der Waals surface area contributed by atoms with Crippen LogP contribution in [0.5, 0.6) is 5.75 Å². The quantitative estimate of drug-likeness (QED) is 0.733. The second kappa shape index (κ2) is 8.86. The largest absolute Gasteiger partial charge is 0.497 e. The van der Waals surface area contributed by atoms with E-state index in [-0.39, 0.29) is 24.3 Å². The second-order valence-electron chi connectivity index (χ2n) is 8.57. The third-order valence-corrected chi connectivity index (χ3v) is 6.75. The molecule has 0 N–H and O–H groups in total. The van der Waals surface area contributed by atoms with Crippen LogP contribution in [0.4, 0.5) is 0 Å². The molecule has 3 amide bonds. The van der Waals surface area contributed by atoms with Crippen LogP contribution >= 0.6 is 0 Å². The Morgan fingerprint density at radius 3 is 2.35 bits per heavy atom. The molecule has 4 rings (SSSR count). The molecular weight excluding hydrogens is 398 g/mol. The summed E-state index contributed by atoms with van der Waals surface area (Å²) in [6.45, 7) is 3.74. The molecule has 2 aliphatic heterocycles. The topological polar surface area (TPSA) is 79.4 Å². The molecule has 31 heavy (non-hydrogen) atoms. The number of ether oxygens (including phenoxy) is 2. The number of piperazine rings is 1. The van der Waals surface area contributed by atoms with Gasteiger partial charge in [-0.15, -0.1) is 0 Å². The monoisotopic (exact) mass is 429 g/mol. The summed E-state index contributed by atoms with van der Waals surface area (Å²) in [5.41, 5.74) is -0.228. The van der Waals surface area contributed by atoms with Crippen LogP contribution < -0.4 is 4.74 Å². The summed E-state index contributed by atoms with van der Waals surface area (Å²) in [5.74, 6) is 0.333. The SMILES string of the molecule is COc1cccc(C(=O)N2[C@@H](C(=O)N3CCN(C(C)=O)CC3)COC23CCCCC3)c1. The Morgan fingerprint density at radius 1 is 1.03 bits per heavy atom. The van der Waals surface area contributed by atoms with Gasteiger partial charge in [-0.25, -0.2) is 0 Å². The standard InChI is InChI=1S/C23H31N3O5/c1-17(27)24-11-13-25(14-12-24)22(29)20-16-31-23(9-4-3-5-10-23)26(20)21(28)18-7-6-8-19(15-18)30-2/h6-8,15,20H,3-5,9-14,16H2,1-2H3/t20-/m1/s1. The van der Waals surface area contributed by atoms with Gasteiger partial charge in [0.25, 0.3) is 5.91 Å². The number of benzene rings is 1. The first kappa shape index (κ1) is 21.6. The lowest BCUT2D eigenvalue weighted by atomic mass is 9.89. The van der Waals surface area contributed by atoms with Crippen LogP contribution in [0.3, 0.4) is 0 Å². The van der Waals surface area contributed by atoms with E-state index in [1.165, 1.54) is 0 Å². The Bertz CT molecular complexity index is 843. The molecule has 1 spiro atoms. The van der Waals surface area contributed by atoms with Crippen molar-refractivity contribution in [2.75, 3.05) is 39.9 Å². The lowest BCUT2D eigenvalue weighted by Gasteiger charge is -2.43. The fraction of sp³-hybridized carbons (Fsp3) is 0.609. The zero-order valence-corrected chi connectivity index (χ0v) is 18.3. The molecule has 2 heterocycles. The highest BCUT2D eigenvalue weighted by Crippen LogP contribution is 2.42. The van der Waals surface area contributed by atoms with E-state index in [4.69, 9.17) is 9.47 Å². The van der Waals surface area contributed by atoms with E-state index in [1.807, 2.05) is 0 Å². The zero-order valence-electron chi connectivity index (χ0n) is 18.3. The van der Waals surface area contributed by atoms with E-state index in [9.17, 15) is 14.4 Å². The van der Waals surface area contributed by atoms with E-state index >= 15 is 0 Å². The average Bonchev–Trinajstić information content (AvgIpc) is 3.16. The number of methoxy groups -OCH3 is 1. The predicted molar refractivity (Wildman–Crippen MR) is 114 cm³/mol. The second-order valence-corrected chi connectivity index (χ2v) is 8.57. The Hall–Kier alpha value is -2.61. The van der Waals surface area contributed by atoms with E-state index in [0.717, 1.165) is 32.1 Å². The Morgan fingerprint density at radius 2 is 1.71 bits per heavy atom. The lowest BCUT2D eigenvalue weighted by Crippen LogP contribution is -2.59. The molecule has 0 unspecified atom stereocenters. The molecule has 3 aliphatic rings. The number of rotatable bonds is 3. The van der Waals surface area contributed by atoms with Crippen molar-refractivity contribution in [1.29, 1.82) is 0 Å². The molecular formula is C23H31N3O5. The van der Waals surface area contributed by atoms with Gasteiger partial charge in [0.15, 0.2) is 0 Å². The fourth-order valence-corrected chi connectivity index (χ4v) is 5.01. The average molecular weight is 430 g/mol. The van der Waals surface area contributed by atoms with Crippen LogP contribution in [0, 0.1) is 0 Å². The van der Waals surface area contributed by atoms with Gasteiger partial charge in [0.05, 0.1) is 13.7 Å². The van der Waals surface area contributed by atoms with Gasteiger partial charge in [0.2, 0.25) is 11.8 Å². The molecule has 1 atom stereocenters. The summed E-state index contributed by atoms with van der Waals surface area (Å²) in [6, 6.07) is 6.40. The van der Waals surface area contributed by atoms with Gasteiger partial charge in [0, 0.05) is 38.7 Å². The van der Waals surface area contributed by atoms with Crippen molar-refractivity contribution in [1.82, 2.24) is 14.7 Å². The molecule has 1 aromatic rings. The molecule has 0 aromatic heterocycles. The molecule has 1 saturated carbocycles. The third-order valence-electron chi connectivity index (χ3n) is 6.75. The molecule has 8 heteroatoms. The summed E-state index contributed by atoms with van der Waals surface area (Å²) < 4.78 is 11.5. The number of nitrogens with zero attached hydrogens (tertiary/aromatic N) is 3. The number of carbonyl (C=O) groups is 3. The number of hydrogen-bond donors (Lipinski definition) is 0. The molecule has 2 saturated heterocycles. The maximum atomic E-state index is 13.7. The molecule has 3 fully saturated rings. The molecule has 0 radical (unpaired) electrons. The van der Waals surface area contributed by atoms with Crippen molar-refractivity contribution in [3.8, 4) is 5.75 Å². The van der Waals surface area contributed by atoms with Crippen LogP contribution in [0.25, 0.3) is 0 Å². The summed E-state index contributed by atoms with van der Waals surface area (Å²) in [6.07, 6.45) is 4.54. The van der Waals surface area contributed by atoms with Crippen LogP contribution in [-0.4, -0.2) is 84.1 Å². The minimum atomic E-state index is -0.722. The molecule has 1 aliphatic carbocycles. The van der Waals surface area contributed by atoms with Crippen LogP contribution in [0.1, 0.15) is 49.4 Å². The van der Waals surface area contributed by atoms with Gasteiger partial charge in [-0.3, -0.25) is 19.3 Å². The van der Waals surface area contributed by atoms with E-state index in [1.54, 1.807) is 53.0 Å². The van der Waals surface area contributed by atoms with Gasteiger partial charge in [-0.2, -0.15) is 0 Å². The van der Waals surface area contributed by atoms with Crippen LogP contribution in [-0.2, 0) is 14.3 Å². The first-order valence-corrected chi connectivity index (χ1v) is 11.1. The number of carbonyl (C=O) groups excluding carboxylic acids is 3. The number of hydrogen-bond acceptors (Lipinski definition) is 5. The van der Waals surface area contributed by atoms with Gasteiger partial charge in [-0.1, -0.05) is 12.5 Å². The van der Waals surface area contributed by atoms with Gasteiger partial charge in [-0.05, 0) is 43.9 Å². The maximum absolute atomic E-state index is 13.7. The van der Waals surface area contributed by atoms with Crippen molar-refractivity contribution < 1.29 is 23.9 Å². The fourth-order valence-electron chi connectivity index (χ4n) is 5.01. The first-order valence-electron chi connectivity index (χ1n) is 11.1. The smallest absolute Gasteiger partial charge is 0.257 e. The zero-order chi connectivity index (χ0) is 22.0. The third kappa shape index (κ3) is 4.13. The van der Waals surface area contributed by atoms with Gasteiger partial charge in [0.1, 0.15) is 17.5 Å². The normalized spacial score (nSPS) is 23.2. The summed E-state index contributed by atoms with van der Waals surface area (Å²) in [4.78, 5) is 44.0. The summed E-state index contributed by atoms with van der Waals surface area (Å²) in [7, 11) is 1.57. The molecule has 0 bridgehead atoms. The minimum Gasteiger partial charge on any atom is -0.497 e. The van der Waals surface area contributed by atoms with E-state index < -0.39 is 11.8 Å². The van der Waals surface area contributed by atoms with Gasteiger partial charge < -0.3 is 19.3 Å². The minimum absolute atomic E-state index is 0.0206. The Balaban J connectivity index is 1.59. The van der Waals surface area contributed by atoms with Crippen molar-refractivity contribution >= 4 is 17.7 Å². The Labute approximate surface area is 183 Å². The maximum Gasteiger partial charge on any atom is 0.257 e. The van der Waals surface area contributed by atoms with Gasteiger partial charge >= 0.3 is 0 Å². The molecule has 1 aromatic carbocycles. The number of amides is 3. The van der Waals surface area contributed by atoms with Crippen molar-refractivity contribution in [3.63, 3.8) is 0 Å². The lowest BCUT2D eigenvalue weighted by molar-refractivity contribution is -0.142. The highest BCUT2D eigenvalue weighted by Gasteiger charge is 2.53. The van der Waals surface area contributed by atoms with Crippen molar-refractivity contribution in [2.24, 2.45) is 0 Å². The van der Waals surface area contributed by atoms with Crippen LogP contribution in [0.15, 0.2) is 24.3 Å².